The predicted octanol–water partition coefficient (Wildman–Crippen LogP) is 4.96. The first kappa shape index (κ1) is 20.8. The van der Waals surface area contributed by atoms with Crippen molar-refractivity contribution in [3.05, 3.63) is 119 Å². The Morgan fingerprint density at radius 3 is 2.61 bits per heavy atom. The SMILES string of the molecule is O=C(c1ccccc1F)N(Cc1cccnc1)Cc1nccn1Cc1cccc(Cl)c1. The van der Waals surface area contributed by atoms with Crippen LogP contribution in [0.4, 0.5) is 4.39 Å². The third kappa shape index (κ3) is 5.16. The highest BCUT2D eigenvalue weighted by Crippen LogP contribution is 2.17. The van der Waals surface area contributed by atoms with Crippen LogP contribution in [0.1, 0.15) is 27.3 Å². The number of amides is 1. The van der Waals surface area contributed by atoms with E-state index in [0.717, 1.165) is 11.1 Å². The zero-order valence-electron chi connectivity index (χ0n) is 16.7. The summed E-state index contributed by atoms with van der Waals surface area (Å²) in [7, 11) is 0. The second kappa shape index (κ2) is 9.53. The van der Waals surface area contributed by atoms with Gasteiger partial charge in [0, 0.05) is 42.9 Å². The summed E-state index contributed by atoms with van der Waals surface area (Å²) in [6, 6.07) is 17.3. The van der Waals surface area contributed by atoms with Crippen LogP contribution >= 0.6 is 11.6 Å². The van der Waals surface area contributed by atoms with E-state index in [0.29, 0.717) is 17.4 Å². The molecule has 0 saturated carbocycles. The van der Waals surface area contributed by atoms with Gasteiger partial charge in [0.2, 0.25) is 0 Å². The maximum absolute atomic E-state index is 14.3. The highest BCUT2D eigenvalue weighted by Gasteiger charge is 2.21. The average molecular weight is 435 g/mol. The van der Waals surface area contributed by atoms with Crippen molar-refractivity contribution < 1.29 is 9.18 Å². The lowest BCUT2D eigenvalue weighted by Gasteiger charge is -2.23. The van der Waals surface area contributed by atoms with E-state index in [-0.39, 0.29) is 18.7 Å². The number of pyridine rings is 1. The summed E-state index contributed by atoms with van der Waals surface area (Å²) in [4.78, 5) is 23.4. The molecule has 7 heteroatoms. The highest BCUT2D eigenvalue weighted by atomic mass is 35.5. The molecule has 31 heavy (non-hydrogen) atoms. The second-order valence-corrected chi connectivity index (χ2v) is 7.54. The van der Waals surface area contributed by atoms with Gasteiger partial charge in [0.25, 0.3) is 5.91 Å². The third-order valence-corrected chi connectivity index (χ3v) is 5.10. The topological polar surface area (TPSA) is 51.0 Å². The standard InChI is InChI=1S/C24H20ClFN4O/c25-20-7-3-5-18(13-20)15-29-12-11-28-23(29)17-30(16-19-6-4-10-27-14-19)24(31)21-8-1-2-9-22(21)26/h1-14H,15-17H2. The molecule has 0 bridgehead atoms. The molecule has 0 spiro atoms. The van der Waals surface area contributed by atoms with Crippen molar-refractivity contribution in [2.75, 3.05) is 0 Å². The van der Waals surface area contributed by atoms with Crippen LogP contribution in [0.2, 0.25) is 5.02 Å². The summed E-state index contributed by atoms with van der Waals surface area (Å²) >= 11 is 6.10. The van der Waals surface area contributed by atoms with Gasteiger partial charge in [0.1, 0.15) is 11.6 Å². The number of carbonyl (C=O) groups is 1. The van der Waals surface area contributed by atoms with Crippen LogP contribution in [0.3, 0.4) is 0 Å². The Morgan fingerprint density at radius 1 is 1.00 bits per heavy atom. The van der Waals surface area contributed by atoms with Crippen LogP contribution < -0.4 is 0 Å². The number of aromatic nitrogens is 3. The maximum Gasteiger partial charge on any atom is 0.257 e. The molecule has 4 rings (SSSR count). The Bertz CT molecular complexity index is 1180. The molecule has 0 aliphatic rings. The van der Waals surface area contributed by atoms with Gasteiger partial charge in [0.15, 0.2) is 0 Å². The van der Waals surface area contributed by atoms with Crippen molar-refractivity contribution in [3.63, 3.8) is 0 Å². The number of halogens is 2. The summed E-state index contributed by atoms with van der Waals surface area (Å²) in [5, 5.41) is 0.659. The predicted molar refractivity (Wildman–Crippen MR) is 117 cm³/mol. The largest absolute Gasteiger partial charge is 0.329 e. The van der Waals surface area contributed by atoms with E-state index in [9.17, 15) is 9.18 Å². The number of rotatable bonds is 7. The smallest absolute Gasteiger partial charge is 0.257 e. The summed E-state index contributed by atoms with van der Waals surface area (Å²) in [6.07, 6.45) is 6.91. The summed E-state index contributed by atoms with van der Waals surface area (Å²) in [5.41, 5.74) is 1.89. The van der Waals surface area contributed by atoms with E-state index < -0.39 is 11.7 Å². The Balaban J connectivity index is 1.62. The monoisotopic (exact) mass is 434 g/mol. The number of hydrogen-bond acceptors (Lipinski definition) is 3. The minimum atomic E-state index is -0.550. The molecule has 0 atom stereocenters. The first-order valence-corrected chi connectivity index (χ1v) is 10.1. The molecule has 4 aromatic rings. The van der Waals surface area contributed by atoms with Crippen molar-refractivity contribution in [2.45, 2.75) is 19.6 Å². The number of carbonyl (C=O) groups excluding carboxylic acids is 1. The van der Waals surface area contributed by atoms with Gasteiger partial charge in [0.05, 0.1) is 12.1 Å². The molecular formula is C24H20ClFN4O. The molecule has 2 aromatic heterocycles. The molecule has 5 nitrogen and oxygen atoms in total. The summed E-state index contributed by atoms with van der Waals surface area (Å²) < 4.78 is 16.3. The van der Waals surface area contributed by atoms with Crippen LogP contribution in [0.15, 0.2) is 85.5 Å². The van der Waals surface area contributed by atoms with Gasteiger partial charge in [-0.25, -0.2) is 9.37 Å². The van der Waals surface area contributed by atoms with Gasteiger partial charge in [-0.15, -0.1) is 0 Å². The minimum absolute atomic E-state index is 0.0272. The first-order chi connectivity index (χ1) is 15.1. The molecule has 0 N–H and O–H groups in total. The molecule has 156 valence electrons. The van der Waals surface area contributed by atoms with Crippen molar-refractivity contribution in [1.82, 2.24) is 19.4 Å². The number of hydrogen-bond donors (Lipinski definition) is 0. The molecule has 0 radical (unpaired) electrons. The van der Waals surface area contributed by atoms with Crippen molar-refractivity contribution in [2.24, 2.45) is 0 Å². The number of imidazole rings is 1. The van der Waals surface area contributed by atoms with Gasteiger partial charge >= 0.3 is 0 Å². The molecule has 0 aliphatic carbocycles. The lowest BCUT2D eigenvalue weighted by Crippen LogP contribution is -2.32. The number of benzene rings is 2. The quantitative estimate of drug-likeness (QED) is 0.413. The van der Waals surface area contributed by atoms with Crippen LogP contribution in [-0.2, 0) is 19.6 Å². The highest BCUT2D eigenvalue weighted by molar-refractivity contribution is 6.30. The fraction of sp³-hybridized carbons (Fsp3) is 0.125. The van der Waals surface area contributed by atoms with Crippen molar-refractivity contribution >= 4 is 17.5 Å². The lowest BCUT2D eigenvalue weighted by molar-refractivity contribution is 0.0719. The van der Waals surface area contributed by atoms with Crippen molar-refractivity contribution in [1.29, 1.82) is 0 Å². The maximum atomic E-state index is 14.3. The van der Waals surface area contributed by atoms with Crippen LogP contribution in [-0.4, -0.2) is 25.3 Å². The van der Waals surface area contributed by atoms with E-state index in [1.165, 1.54) is 12.1 Å². The zero-order chi connectivity index (χ0) is 21.6. The van der Waals surface area contributed by atoms with Crippen LogP contribution in [0, 0.1) is 5.82 Å². The zero-order valence-corrected chi connectivity index (χ0v) is 17.4. The molecule has 0 fully saturated rings. The fourth-order valence-electron chi connectivity index (χ4n) is 3.35. The normalized spacial score (nSPS) is 10.8. The van der Waals surface area contributed by atoms with Gasteiger partial charge in [-0.2, -0.15) is 0 Å². The van der Waals surface area contributed by atoms with Crippen molar-refractivity contribution in [3.8, 4) is 0 Å². The Morgan fingerprint density at radius 2 is 1.84 bits per heavy atom. The Hall–Kier alpha value is -3.51. The van der Waals surface area contributed by atoms with Crippen LogP contribution in [0.5, 0.6) is 0 Å². The average Bonchev–Trinajstić information content (AvgIpc) is 3.20. The Kier molecular flexibility index (Phi) is 6.38. The molecule has 2 aromatic carbocycles. The van der Waals surface area contributed by atoms with Gasteiger partial charge in [-0.1, -0.05) is 41.9 Å². The second-order valence-electron chi connectivity index (χ2n) is 7.10. The van der Waals surface area contributed by atoms with E-state index >= 15 is 0 Å². The molecule has 2 heterocycles. The van der Waals surface area contributed by atoms with E-state index in [2.05, 4.69) is 9.97 Å². The fourth-order valence-corrected chi connectivity index (χ4v) is 3.57. The van der Waals surface area contributed by atoms with Gasteiger partial charge in [-0.05, 0) is 41.5 Å². The van der Waals surface area contributed by atoms with Crippen LogP contribution in [0.25, 0.3) is 0 Å². The minimum Gasteiger partial charge on any atom is -0.329 e. The number of nitrogens with zero attached hydrogens (tertiary/aromatic N) is 4. The van der Waals surface area contributed by atoms with E-state index in [1.54, 1.807) is 41.7 Å². The summed E-state index contributed by atoms with van der Waals surface area (Å²) in [5.74, 6) is -0.265. The van der Waals surface area contributed by atoms with Gasteiger partial charge in [-0.3, -0.25) is 9.78 Å². The molecular weight excluding hydrogens is 415 g/mol. The lowest BCUT2D eigenvalue weighted by atomic mass is 10.1. The van der Waals surface area contributed by atoms with E-state index in [1.807, 2.05) is 41.1 Å². The molecule has 0 unspecified atom stereocenters. The Labute approximate surface area is 184 Å². The molecule has 1 amide bonds. The first-order valence-electron chi connectivity index (χ1n) is 9.77. The molecule has 0 aliphatic heterocycles. The summed E-state index contributed by atoms with van der Waals surface area (Å²) in [6.45, 7) is 1.06. The third-order valence-electron chi connectivity index (χ3n) is 4.86. The van der Waals surface area contributed by atoms with E-state index in [4.69, 9.17) is 11.6 Å². The molecule has 0 saturated heterocycles. The van der Waals surface area contributed by atoms with Gasteiger partial charge < -0.3 is 9.47 Å².